The number of thiocarbonyl (C=S) groups is 1. The van der Waals surface area contributed by atoms with Crippen LogP contribution in [0.5, 0.6) is 0 Å². The van der Waals surface area contributed by atoms with Gasteiger partial charge in [-0.3, -0.25) is 4.90 Å². The predicted molar refractivity (Wildman–Crippen MR) is 94.5 cm³/mol. The van der Waals surface area contributed by atoms with Crippen molar-refractivity contribution < 1.29 is 4.74 Å². The number of benzene rings is 1. The summed E-state index contributed by atoms with van der Waals surface area (Å²) in [5, 5.41) is 7.23. The largest absolute Gasteiger partial charge is 0.379 e. The lowest BCUT2D eigenvalue weighted by Gasteiger charge is -2.26. The van der Waals surface area contributed by atoms with E-state index in [1.807, 2.05) is 0 Å². The summed E-state index contributed by atoms with van der Waals surface area (Å²) in [6.07, 6.45) is 2.00. The van der Waals surface area contributed by atoms with Crippen molar-refractivity contribution in [3.8, 4) is 0 Å². The number of morpholine rings is 1. The van der Waals surface area contributed by atoms with E-state index >= 15 is 0 Å². The Morgan fingerprint density at radius 2 is 2.00 bits per heavy atom. The Balaban J connectivity index is 1.44. The Kier molecular flexibility index (Phi) is 5.08. The highest BCUT2D eigenvalue weighted by atomic mass is 32.1. The molecule has 1 aliphatic heterocycles. The molecule has 22 heavy (non-hydrogen) atoms. The maximum atomic E-state index is 5.37. The van der Waals surface area contributed by atoms with Crippen LogP contribution in [0.15, 0.2) is 30.4 Å². The predicted octanol–water partition coefficient (Wildman–Crippen LogP) is 1.96. The van der Waals surface area contributed by atoms with Crippen LogP contribution in [0.4, 0.5) is 5.69 Å². The van der Waals surface area contributed by atoms with E-state index in [0.29, 0.717) is 5.11 Å². The first-order chi connectivity index (χ1) is 10.7. The summed E-state index contributed by atoms with van der Waals surface area (Å²) < 4.78 is 5.34. The number of hydrogen-bond donors (Lipinski definition) is 2. The van der Waals surface area contributed by atoms with E-state index in [4.69, 9.17) is 17.0 Å². The quantitative estimate of drug-likeness (QED) is 0.656. The normalized spacial score (nSPS) is 18.1. The summed E-state index contributed by atoms with van der Waals surface area (Å²) in [6, 6.07) is 6.45. The third kappa shape index (κ3) is 4.06. The summed E-state index contributed by atoms with van der Waals surface area (Å²) in [4.78, 5) is 2.39. The van der Waals surface area contributed by atoms with Crippen LogP contribution in [0.25, 0.3) is 0 Å². The van der Waals surface area contributed by atoms with Crippen molar-refractivity contribution in [2.75, 3.05) is 44.7 Å². The van der Waals surface area contributed by atoms with E-state index in [-0.39, 0.29) is 0 Å². The smallest absolute Gasteiger partial charge is 0.170 e. The van der Waals surface area contributed by atoms with Crippen molar-refractivity contribution >= 4 is 23.0 Å². The minimum atomic E-state index is 0.685. The number of hydrogen-bond acceptors (Lipinski definition) is 3. The van der Waals surface area contributed by atoms with Gasteiger partial charge in [-0.1, -0.05) is 18.2 Å². The van der Waals surface area contributed by atoms with Crippen LogP contribution in [-0.4, -0.2) is 49.4 Å². The van der Waals surface area contributed by atoms with Gasteiger partial charge < -0.3 is 15.4 Å². The first-order valence-corrected chi connectivity index (χ1v) is 8.25. The summed E-state index contributed by atoms with van der Waals surface area (Å²) in [5.74, 6) is 0. The first-order valence-electron chi connectivity index (χ1n) is 7.84. The maximum absolute atomic E-state index is 5.37. The SMILES string of the molecule is C=C1Cc2ccc(NC(=S)NCCN3CCOCC3)cc2C1. The van der Waals surface area contributed by atoms with Crippen LogP contribution >= 0.6 is 12.2 Å². The molecule has 1 saturated heterocycles. The van der Waals surface area contributed by atoms with Crippen molar-refractivity contribution in [2.24, 2.45) is 0 Å². The Hall–Kier alpha value is -1.43. The highest BCUT2D eigenvalue weighted by Crippen LogP contribution is 2.27. The molecule has 5 heteroatoms. The van der Waals surface area contributed by atoms with Crippen LogP contribution in [0, 0.1) is 0 Å². The van der Waals surface area contributed by atoms with Gasteiger partial charge in [-0.15, -0.1) is 0 Å². The van der Waals surface area contributed by atoms with E-state index in [1.54, 1.807) is 0 Å². The van der Waals surface area contributed by atoms with Gasteiger partial charge in [0, 0.05) is 31.9 Å². The number of fused-ring (bicyclic) bond motifs is 1. The standard InChI is InChI=1S/C17H23N3OS/c1-13-10-14-2-3-16(12-15(14)11-13)19-17(22)18-4-5-20-6-8-21-9-7-20/h2-3,12H,1,4-11H2,(H2,18,19,22). The van der Waals surface area contributed by atoms with Crippen LogP contribution < -0.4 is 10.6 Å². The van der Waals surface area contributed by atoms with Crippen molar-refractivity contribution in [3.05, 3.63) is 41.5 Å². The van der Waals surface area contributed by atoms with Gasteiger partial charge in [0.1, 0.15) is 0 Å². The van der Waals surface area contributed by atoms with Crippen LogP contribution in [0.3, 0.4) is 0 Å². The fraction of sp³-hybridized carbons (Fsp3) is 0.471. The number of rotatable bonds is 4. The van der Waals surface area contributed by atoms with Crippen LogP contribution in [0.1, 0.15) is 11.1 Å². The van der Waals surface area contributed by atoms with Gasteiger partial charge in [-0.2, -0.15) is 0 Å². The topological polar surface area (TPSA) is 36.5 Å². The second-order valence-electron chi connectivity index (χ2n) is 5.92. The van der Waals surface area contributed by atoms with E-state index in [0.717, 1.165) is 57.9 Å². The van der Waals surface area contributed by atoms with Crippen molar-refractivity contribution in [3.63, 3.8) is 0 Å². The average Bonchev–Trinajstić information content (AvgIpc) is 2.87. The monoisotopic (exact) mass is 317 g/mol. The molecule has 1 aromatic carbocycles. The fourth-order valence-corrected chi connectivity index (χ4v) is 3.19. The molecule has 0 atom stereocenters. The third-order valence-corrected chi connectivity index (χ3v) is 4.41. The third-order valence-electron chi connectivity index (χ3n) is 4.16. The average molecular weight is 317 g/mol. The molecule has 118 valence electrons. The van der Waals surface area contributed by atoms with Crippen molar-refractivity contribution in [1.29, 1.82) is 0 Å². The molecule has 1 aliphatic carbocycles. The summed E-state index contributed by atoms with van der Waals surface area (Å²) in [7, 11) is 0. The van der Waals surface area contributed by atoms with Crippen LogP contribution in [0.2, 0.25) is 0 Å². The van der Waals surface area contributed by atoms with E-state index < -0.39 is 0 Å². The van der Waals surface area contributed by atoms with Crippen LogP contribution in [-0.2, 0) is 17.6 Å². The fourth-order valence-electron chi connectivity index (χ4n) is 2.97. The zero-order valence-corrected chi connectivity index (χ0v) is 13.7. The Labute approximate surface area is 137 Å². The number of nitrogens with one attached hydrogen (secondary N) is 2. The Morgan fingerprint density at radius 3 is 2.82 bits per heavy atom. The van der Waals surface area contributed by atoms with Gasteiger partial charge in [0.15, 0.2) is 5.11 Å². The molecule has 1 heterocycles. The first kappa shape index (κ1) is 15.5. The Bertz CT molecular complexity index is 567. The molecule has 0 radical (unpaired) electrons. The minimum absolute atomic E-state index is 0.685. The Morgan fingerprint density at radius 1 is 1.23 bits per heavy atom. The lowest BCUT2D eigenvalue weighted by molar-refractivity contribution is 0.0389. The van der Waals surface area contributed by atoms with E-state index in [9.17, 15) is 0 Å². The number of nitrogens with zero attached hydrogens (tertiary/aromatic N) is 1. The molecule has 4 nitrogen and oxygen atoms in total. The molecular formula is C17H23N3OS. The number of allylic oxidation sites excluding steroid dienone is 1. The maximum Gasteiger partial charge on any atom is 0.170 e. The van der Waals surface area contributed by atoms with Crippen molar-refractivity contribution in [2.45, 2.75) is 12.8 Å². The number of ether oxygens (including phenoxy) is 1. The zero-order valence-electron chi connectivity index (χ0n) is 12.9. The van der Waals surface area contributed by atoms with Gasteiger partial charge in [0.25, 0.3) is 0 Å². The summed E-state index contributed by atoms with van der Waals surface area (Å²) in [6.45, 7) is 9.62. The molecule has 0 saturated carbocycles. The van der Waals surface area contributed by atoms with E-state index in [2.05, 4.69) is 40.3 Å². The molecule has 1 aromatic rings. The lowest BCUT2D eigenvalue weighted by Crippen LogP contribution is -2.42. The van der Waals surface area contributed by atoms with Crippen molar-refractivity contribution in [1.82, 2.24) is 10.2 Å². The zero-order chi connectivity index (χ0) is 15.4. The minimum Gasteiger partial charge on any atom is -0.379 e. The van der Waals surface area contributed by atoms with Gasteiger partial charge in [0.05, 0.1) is 13.2 Å². The second kappa shape index (κ2) is 7.22. The molecule has 2 N–H and O–H groups in total. The summed E-state index contributed by atoms with van der Waals surface area (Å²) in [5.41, 5.74) is 5.10. The second-order valence-corrected chi connectivity index (χ2v) is 6.33. The molecule has 0 aromatic heterocycles. The lowest BCUT2D eigenvalue weighted by atomic mass is 10.1. The molecule has 2 aliphatic rings. The van der Waals surface area contributed by atoms with Gasteiger partial charge in [0.2, 0.25) is 0 Å². The highest BCUT2D eigenvalue weighted by molar-refractivity contribution is 7.80. The highest BCUT2D eigenvalue weighted by Gasteiger charge is 2.14. The molecule has 0 amide bonds. The molecular weight excluding hydrogens is 294 g/mol. The molecule has 1 fully saturated rings. The van der Waals surface area contributed by atoms with Gasteiger partial charge in [-0.25, -0.2) is 0 Å². The van der Waals surface area contributed by atoms with Gasteiger partial charge in [-0.05, 0) is 48.3 Å². The molecule has 0 spiro atoms. The summed E-state index contributed by atoms with van der Waals surface area (Å²) >= 11 is 5.37. The molecule has 3 rings (SSSR count). The van der Waals surface area contributed by atoms with Gasteiger partial charge >= 0.3 is 0 Å². The number of anilines is 1. The molecule has 0 bridgehead atoms. The van der Waals surface area contributed by atoms with E-state index in [1.165, 1.54) is 16.7 Å². The molecule has 0 unspecified atom stereocenters.